The molecule has 0 bridgehead atoms. The molecule has 0 aromatic carbocycles. The molecule has 0 saturated carbocycles. The van der Waals surface area contributed by atoms with Gasteiger partial charge in [0.05, 0.1) is 0 Å². The van der Waals surface area contributed by atoms with Crippen molar-refractivity contribution < 1.29 is 13.9 Å². The second-order valence-electron chi connectivity index (χ2n) is 3.59. The van der Waals surface area contributed by atoms with Gasteiger partial charge < -0.3 is 9.47 Å². The van der Waals surface area contributed by atoms with Crippen LogP contribution in [0.1, 0.15) is 59.8 Å². The standard InChI is InChI=1S/C10H15FO2.2C2H6/c11-8-4-3-5-9(8)13-10-6-1-2-7-12-10;2*1-2/h4,9-10H,1-3,5-7H2;2*1-2H3. The summed E-state index contributed by atoms with van der Waals surface area (Å²) in [4.78, 5) is 0. The largest absolute Gasteiger partial charge is 0.353 e. The minimum absolute atomic E-state index is 0.117. The van der Waals surface area contributed by atoms with Gasteiger partial charge in [-0.25, -0.2) is 4.39 Å². The average Bonchev–Trinajstić information content (AvgIpc) is 2.81. The van der Waals surface area contributed by atoms with Gasteiger partial charge in [-0.05, 0) is 32.1 Å². The van der Waals surface area contributed by atoms with Crippen molar-refractivity contribution in [2.75, 3.05) is 6.61 Å². The van der Waals surface area contributed by atoms with Crippen LogP contribution in [0.3, 0.4) is 0 Å². The van der Waals surface area contributed by atoms with Crippen LogP contribution >= 0.6 is 0 Å². The lowest BCUT2D eigenvalue weighted by atomic mass is 10.2. The minimum Gasteiger partial charge on any atom is -0.353 e. The van der Waals surface area contributed by atoms with Gasteiger partial charge in [-0.1, -0.05) is 33.8 Å². The van der Waals surface area contributed by atoms with E-state index >= 15 is 0 Å². The summed E-state index contributed by atoms with van der Waals surface area (Å²) in [5.74, 6) is -0.117. The summed E-state index contributed by atoms with van der Waals surface area (Å²) in [6.45, 7) is 8.75. The van der Waals surface area contributed by atoms with Crippen LogP contribution in [-0.2, 0) is 9.47 Å². The molecule has 0 N–H and O–H groups in total. The first-order valence-electron chi connectivity index (χ1n) is 6.99. The van der Waals surface area contributed by atoms with Crippen LogP contribution in [0.2, 0.25) is 0 Å². The molecule has 2 unspecified atom stereocenters. The molecule has 3 heteroatoms. The summed E-state index contributed by atoms with van der Waals surface area (Å²) in [6.07, 6.45) is 5.80. The topological polar surface area (TPSA) is 18.5 Å². The maximum absolute atomic E-state index is 13.0. The molecule has 2 rings (SSSR count). The van der Waals surface area contributed by atoms with E-state index in [1.165, 1.54) is 0 Å². The Morgan fingerprint density at radius 1 is 1.18 bits per heavy atom. The lowest BCUT2D eigenvalue weighted by Crippen LogP contribution is -2.27. The smallest absolute Gasteiger partial charge is 0.158 e. The van der Waals surface area contributed by atoms with E-state index in [0.29, 0.717) is 0 Å². The minimum atomic E-state index is -0.330. The fourth-order valence-corrected chi connectivity index (χ4v) is 1.78. The van der Waals surface area contributed by atoms with Crippen molar-refractivity contribution in [3.8, 4) is 0 Å². The highest BCUT2D eigenvalue weighted by Gasteiger charge is 2.25. The van der Waals surface area contributed by atoms with Crippen LogP contribution in [0.15, 0.2) is 11.9 Å². The summed E-state index contributed by atoms with van der Waals surface area (Å²) in [5, 5.41) is 0. The lowest BCUT2D eigenvalue weighted by molar-refractivity contribution is -0.182. The van der Waals surface area contributed by atoms with Crippen molar-refractivity contribution in [3.63, 3.8) is 0 Å². The second kappa shape index (κ2) is 10.7. The fraction of sp³-hybridized carbons (Fsp3) is 0.857. The third-order valence-corrected chi connectivity index (χ3v) is 2.53. The molecule has 17 heavy (non-hydrogen) atoms. The molecule has 2 nitrogen and oxygen atoms in total. The van der Waals surface area contributed by atoms with E-state index in [1.807, 2.05) is 27.7 Å². The predicted octanol–water partition coefficient (Wildman–Crippen LogP) is 4.60. The van der Waals surface area contributed by atoms with Crippen LogP contribution in [0.25, 0.3) is 0 Å². The zero-order chi connectivity index (χ0) is 13.1. The molecule has 2 atom stereocenters. The second-order valence-corrected chi connectivity index (χ2v) is 3.59. The van der Waals surface area contributed by atoms with E-state index in [-0.39, 0.29) is 18.2 Å². The maximum Gasteiger partial charge on any atom is 0.158 e. The molecule has 102 valence electrons. The van der Waals surface area contributed by atoms with Gasteiger partial charge in [0, 0.05) is 6.61 Å². The SMILES string of the molecule is CC.CC.FC1=CCCC1OC1CCCCO1. The van der Waals surface area contributed by atoms with Crippen molar-refractivity contribution in [3.05, 3.63) is 11.9 Å². The Balaban J connectivity index is 0.000000581. The van der Waals surface area contributed by atoms with Crippen LogP contribution < -0.4 is 0 Å². The number of allylic oxidation sites excluding steroid dienone is 1. The molecule has 0 radical (unpaired) electrons. The number of rotatable bonds is 2. The molecule has 1 aliphatic carbocycles. The number of halogens is 1. The highest BCUT2D eigenvalue weighted by atomic mass is 19.1. The number of hydrogen-bond donors (Lipinski definition) is 0. The van der Waals surface area contributed by atoms with Crippen molar-refractivity contribution in [2.45, 2.75) is 72.2 Å². The van der Waals surface area contributed by atoms with Gasteiger partial charge in [0.25, 0.3) is 0 Å². The fourth-order valence-electron chi connectivity index (χ4n) is 1.78. The van der Waals surface area contributed by atoms with Gasteiger partial charge >= 0.3 is 0 Å². The Kier molecular flexibility index (Phi) is 10.5. The van der Waals surface area contributed by atoms with E-state index < -0.39 is 0 Å². The van der Waals surface area contributed by atoms with Crippen molar-refractivity contribution in [1.82, 2.24) is 0 Å². The van der Waals surface area contributed by atoms with E-state index in [4.69, 9.17) is 9.47 Å². The molecule has 1 fully saturated rings. The van der Waals surface area contributed by atoms with Crippen LogP contribution in [-0.4, -0.2) is 19.0 Å². The van der Waals surface area contributed by atoms with Gasteiger partial charge in [0.2, 0.25) is 0 Å². The Bertz CT molecular complexity index is 198. The third-order valence-electron chi connectivity index (χ3n) is 2.53. The first-order chi connectivity index (χ1) is 8.36. The van der Waals surface area contributed by atoms with E-state index in [0.717, 1.165) is 38.7 Å². The van der Waals surface area contributed by atoms with Crippen molar-refractivity contribution >= 4 is 0 Å². The zero-order valence-electron chi connectivity index (χ0n) is 11.7. The molecule has 2 aliphatic rings. The van der Waals surface area contributed by atoms with Crippen molar-refractivity contribution in [1.29, 1.82) is 0 Å². The van der Waals surface area contributed by atoms with E-state index in [1.54, 1.807) is 6.08 Å². The molecule has 0 amide bonds. The molecule has 1 aliphatic heterocycles. The highest BCUT2D eigenvalue weighted by molar-refractivity contribution is 5.06. The summed E-state index contributed by atoms with van der Waals surface area (Å²) >= 11 is 0. The molecular weight excluding hydrogens is 219 g/mol. The van der Waals surface area contributed by atoms with Gasteiger partial charge in [-0.2, -0.15) is 0 Å². The first kappa shape index (κ1) is 16.6. The van der Waals surface area contributed by atoms with Gasteiger partial charge in [0.1, 0.15) is 11.9 Å². The van der Waals surface area contributed by atoms with Gasteiger partial charge in [-0.3, -0.25) is 0 Å². The Hall–Kier alpha value is -0.410. The monoisotopic (exact) mass is 246 g/mol. The van der Waals surface area contributed by atoms with Crippen LogP contribution in [0.4, 0.5) is 4.39 Å². The predicted molar refractivity (Wildman–Crippen MR) is 69.6 cm³/mol. The first-order valence-corrected chi connectivity index (χ1v) is 6.99. The molecular formula is C14H27FO2. The number of ether oxygens (including phenoxy) is 2. The Labute approximate surface area is 105 Å². The van der Waals surface area contributed by atoms with E-state index in [2.05, 4.69) is 0 Å². The van der Waals surface area contributed by atoms with Crippen molar-refractivity contribution in [2.24, 2.45) is 0 Å². The van der Waals surface area contributed by atoms with Crippen LogP contribution in [0.5, 0.6) is 0 Å². The van der Waals surface area contributed by atoms with E-state index in [9.17, 15) is 4.39 Å². The highest BCUT2D eigenvalue weighted by Crippen LogP contribution is 2.26. The zero-order valence-corrected chi connectivity index (χ0v) is 11.7. The summed E-state index contributed by atoms with van der Waals surface area (Å²) < 4.78 is 23.9. The lowest BCUT2D eigenvalue weighted by Gasteiger charge is -2.25. The Morgan fingerprint density at radius 3 is 2.35 bits per heavy atom. The molecule has 0 aromatic heterocycles. The maximum atomic E-state index is 13.0. The van der Waals surface area contributed by atoms with Gasteiger partial charge in [0.15, 0.2) is 6.29 Å². The molecule has 0 aromatic rings. The average molecular weight is 246 g/mol. The Morgan fingerprint density at radius 2 is 1.88 bits per heavy atom. The van der Waals surface area contributed by atoms with Crippen LogP contribution in [0, 0.1) is 0 Å². The molecule has 1 saturated heterocycles. The number of hydrogen-bond acceptors (Lipinski definition) is 2. The third kappa shape index (κ3) is 6.18. The van der Waals surface area contributed by atoms with Gasteiger partial charge in [-0.15, -0.1) is 0 Å². The molecule has 1 heterocycles. The summed E-state index contributed by atoms with van der Waals surface area (Å²) in [6, 6.07) is 0. The quantitative estimate of drug-likeness (QED) is 0.709. The summed E-state index contributed by atoms with van der Waals surface area (Å²) in [7, 11) is 0. The normalized spacial score (nSPS) is 27.2. The molecule has 0 spiro atoms. The summed E-state index contributed by atoms with van der Waals surface area (Å²) in [5.41, 5.74) is 0.